The topological polar surface area (TPSA) is 173 Å². The molecule has 0 fully saturated rings. The molecule has 0 amide bonds. The molecule has 0 spiro atoms. The standard InChI is InChI=1S/C3H4N4O8.Na.H/c8-4(9)1-2(5(10)11)3(6(12)13)7(14)15;;/h2-3H,1H2;;/q;+1;-1. The van der Waals surface area contributed by atoms with E-state index >= 15 is 0 Å². The number of nitrogens with zero attached hydrogens (tertiary/aromatic N) is 4. The fraction of sp³-hybridized carbons (Fsp3) is 1.00. The van der Waals surface area contributed by atoms with E-state index < -0.39 is 38.4 Å². The zero-order valence-corrected chi connectivity index (χ0v) is 9.92. The molecule has 0 saturated heterocycles. The van der Waals surface area contributed by atoms with Gasteiger partial charge in [-0.15, -0.1) is 0 Å². The Labute approximate surface area is 110 Å². The van der Waals surface area contributed by atoms with E-state index in [0.29, 0.717) is 0 Å². The molecule has 16 heavy (non-hydrogen) atoms. The zero-order valence-electron chi connectivity index (χ0n) is 8.92. The summed E-state index contributed by atoms with van der Waals surface area (Å²) in [5.74, 6) is 0. The maximum absolute atomic E-state index is 10.2. The molecule has 0 heterocycles. The normalized spacial score (nSPS) is 11.3. The van der Waals surface area contributed by atoms with Crippen molar-refractivity contribution >= 4 is 0 Å². The van der Waals surface area contributed by atoms with E-state index in [-0.39, 0.29) is 31.0 Å². The summed E-state index contributed by atoms with van der Waals surface area (Å²) in [6.45, 7) is -1.47. The van der Waals surface area contributed by atoms with Crippen molar-refractivity contribution in [1.82, 2.24) is 0 Å². The summed E-state index contributed by atoms with van der Waals surface area (Å²) in [6.07, 6.45) is -2.81. The van der Waals surface area contributed by atoms with Gasteiger partial charge in [0.05, 0.1) is 0 Å². The van der Waals surface area contributed by atoms with Crippen LogP contribution in [0.25, 0.3) is 0 Å². The molecule has 0 aliphatic heterocycles. The summed E-state index contributed by atoms with van der Waals surface area (Å²) in [7, 11) is 0. The Hall–Kier alpha value is -1.40. The SMILES string of the molecule is O=[N+]([O-])CC(C([N+](=O)[O-])[N+](=O)[O-])[N+](=O)[O-].[H-].[Na+]. The van der Waals surface area contributed by atoms with E-state index in [1.165, 1.54) is 0 Å². The van der Waals surface area contributed by atoms with Gasteiger partial charge in [0.25, 0.3) is 6.54 Å². The first-order valence-electron chi connectivity index (χ1n) is 3.29. The molecule has 12 nitrogen and oxygen atoms in total. The van der Waals surface area contributed by atoms with Crippen LogP contribution in [-0.2, 0) is 0 Å². The van der Waals surface area contributed by atoms with E-state index in [1.54, 1.807) is 0 Å². The Morgan fingerprint density at radius 3 is 1.44 bits per heavy atom. The van der Waals surface area contributed by atoms with Crippen molar-refractivity contribution in [2.45, 2.75) is 12.2 Å². The fourth-order valence-electron chi connectivity index (χ4n) is 0.781. The minimum atomic E-state index is -2.81. The summed E-state index contributed by atoms with van der Waals surface area (Å²) < 4.78 is 0. The van der Waals surface area contributed by atoms with Gasteiger partial charge in [0, 0.05) is 9.85 Å². The summed E-state index contributed by atoms with van der Waals surface area (Å²) in [5, 5.41) is 40.3. The van der Waals surface area contributed by atoms with Gasteiger partial charge in [0.15, 0.2) is 0 Å². The van der Waals surface area contributed by atoms with Crippen LogP contribution >= 0.6 is 0 Å². The third kappa shape index (κ3) is 4.90. The largest absolute Gasteiger partial charge is 1.00 e. The predicted octanol–water partition coefficient (Wildman–Crippen LogP) is -4.10. The molecule has 1 atom stereocenters. The van der Waals surface area contributed by atoms with Gasteiger partial charge >= 0.3 is 41.8 Å². The summed E-state index contributed by atoms with van der Waals surface area (Å²) in [6, 6.07) is -2.48. The van der Waals surface area contributed by atoms with Gasteiger partial charge in [-0.05, 0) is 0 Å². The van der Waals surface area contributed by atoms with E-state index in [2.05, 4.69) is 0 Å². The van der Waals surface area contributed by atoms with Gasteiger partial charge in [-0.25, -0.2) is 0 Å². The van der Waals surface area contributed by atoms with Crippen molar-refractivity contribution in [2.75, 3.05) is 6.54 Å². The summed E-state index contributed by atoms with van der Waals surface area (Å²) in [4.78, 5) is 34.6. The van der Waals surface area contributed by atoms with Crippen molar-refractivity contribution in [2.24, 2.45) is 0 Å². The maximum Gasteiger partial charge on any atom is 1.00 e. The molecule has 0 aliphatic rings. The zero-order chi connectivity index (χ0) is 12.2. The second kappa shape index (κ2) is 6.97. The third-order valence-electron chi connectivity index (χ3n) is 1.38. The van der Waals surface area contributed by atoms with E-state index in [0.717, 1.165) is 0 Å². The Balaban J connectivity index is -0.000000980. The molecule has 0 aromatic heterocycles. The fourth-order valence-corrected chi connectivity index (χ4v) is 0.781. The number of hydrogen-bond donors (Lipinski definition) is 0. The molecule has 13 heteroatoms. The summed E-state index contributed by atoms with van der Waals surface area (Å²) >= 11 is 0. The molecule has 0 aromatic carbocycles. The Kier molecular flexibility index (Phi) is 7.41. The smallest absolute Gasteiger partial charge is 1.00 e. The van der Waals surface area contributed by atoms with Crippen LogP contribution in [0.2, 0.25) is 0 Å². The van der Waals surface area contributed by atoms with Crippen LogP contribution in [0.3, 0.4) is 0 Å². The monoisotopic (exact) mass is 248 g/mol. The van der Waals surface area contributed by atoms with Crippen LogP contribution in [-0.4, -0.2) is 38.4 Å². The first-order chi connectivity index (χ1) is 6.77. The van der Waals surface area contributed by atoms with E-state index in [1.807, 2.05) is 0 Å². The minimum absolute atomic E-state index is 0. The van der Waals surface area contributed by atoms with Crippen LogP contribution < -0.4 is 29.6 Å². The number of hydrogen-bond acceptors (Lipinski definition) is 8. The molecule has 0 aliphatic carbocycles. The average Bonchev–Trinajstić information content (AvgIpc) is 2.00. The molecule has 0 bridgehead atoms. The van der Waals surface area contributed by atoms with Gasteiger partial charge in [0.2, 0.25) is 0 Å². The van der Waals surface area contributed by atoms with Crippen molar-refractivity contribution in [3.63, 3.8) is 0 Å². The molecule has 0 aromatic rings. The van der Waals surface area contributed by atoms with Crippen LogP contribution in [0.5, 0.6) is 0 Å². The van der Waals surface area contributed by atoms with Crippen molar-refractivity contribution in [1.29, 1.82) is 0 Å². The average molecular weight is 248 g/mol. The van der Waals surface area contributed by atoms with Crippen molar-refractivity contribution in [3.8, 4) is 0 Å². The van der Waals surface area contributed by atoms with Gasteiger partial charge < -0.3 is 1.43 Å². The molecule has 0 radical (unpaired) electrons. The van der Waals surface area contributed by atoms with Gasteiger partial charge in [0.1, 0.15) is 9.85 Å². The van der Waals surface area contributed by atoms with Gasteiger partial charge in [-0.1, -0.05) is 0 Å². The quantitative estimate of drug-likeness (QED) is 0.197. The Morgan fingerprint density at radius 1 is 0.875 bits per heavy atom. The Morgan fingerprint density at radius 2 is 1.25 bits per heavy atom. The van der Waals surface area contributed by atoms with E-state index in [4.69, 9.17) is 0 Å². The molecule has 0 saturated carbocycles. The van der Waals surface area contributed by atoms with E-state index in [9.17, 15) is 40.5 Å². The van der Waals surface area contributed by atoms with Gasteiger partial charge in [-0.2, -0.15) is 0 Å². The predicted molar refractivity (Wildman–Crippen MR) is 41.5 cm³/mol. The van der Waals surface area contributed by atoms with Gasteiger partial charge in [-0.3, -0.25) is 40.5 Å². The third-order valence-corrected chi connectivity index (χ3v) is 1.38. The summed E-state index contributed by atoms with van der Waals surface area (Å²) in [5.41, 5.74) is 0. The van der Waals surface area contributed by atoms with Crippen molar-refractivity contribution in [3.05, 3.63) is 40.5 Å². The second-order valence-corrected chi connectivity index (χ2v) is 2.35. The number of nitro groups is 4. The van der Waals surface area contributed by atoms with Crippen molar-refractivity contribution < 1.29 is 50.7 Å². The molecule has 0 rings (SSSR count). The van der Waals surface area contributed by atoms with Crippen LogP contribution in [0, 0.1) is 40.5 Å². The second-order valence-electron chi connectivity index (χ2n) is 2.35. The molecule has 86 valence electrons. The van der Waals surface area contributed by atoms with Crippen LogP contribution in [0.1, 0.15) is 1.43 Å². The molecular formula is C3H5N4NaO8. The molecular weight excluding hydrogens is 243 g/mol. The maximum atomic E-state index is 10.2. The Bertz CT molecular complexity index is 310. The van der Waals surface area contributed by atoms with Crippen LogP contribution in [0.4, 0.5) is 0 Å². The minimum Gasteiger partial charge on any atom is -1.00 e. The van der Waals surface area contributed by atoms with Crippen LogP contribution in [0.15, 0.2) is 0 Å². The first-order valence-corrected chi connectivity index (χ1v) is 3.29. The molecule has 1 unspecified atom stereocenters. The number of rotatable bonds is 6. The first kappa shape index (κ1) is 17.0. The molecule has 0 N–H and O–H groups in total.